The number of carbonyl (C=O) groups excluding carboxylic acids is 1. The maximum Gasteiger partial charge on any atom is 0.228 e. The molecule has 1 amide bonds. The first-order chi connectivity index (χ1) is 9.47. The Balaban J connectivity index is 1.94. The van der Waals surface area contributed by atoms with Gasteiger partial charge < -0.3 is 10.6 Å². The molecule has 1 aliphatic rings. The van der Waals surface area contributed by atoms with E-state index in [0.717, 1.165) is 30.2 Å². The number of rotatable bonds is 4. The van der Waals surface area contributed by atoms with Crippen LogP contribution >= 0.6 is 11.3 Å². The highest BCUT2D eigenvalue weighted by molar-refractivity contribution is 7.09. The number of piperidine rings is 1. The van der Waals surface area contributed by atoms with Crippen LogP contribution in [0.1, 0.15) is 50.4 Å². The largest absolute Gasteiger partial charge is 0.342 e. The Bertz CT molecular complexity index is 458. The predicted molar refractivity (Wildman–Crippen MR) is 82.6 cm³/mol. The fourth-order valence-electron chi connectivity index (χ4n) is 2.52. The van der Waals surface area contributed by atoms with Crippen molar-refractivity contribution in [1.82, 2.24) is 9.88 Å². The third-order valence-electron chi connectivity index (χ3n) is 3.91. The Hall–Kier alpha value is -0.940. The van der Waals surface area contributed by atoms with Crippen LogP contribution in [0.3, 0.4) is 0 Å². The molecule has 2 atom stereocenters. The minimum absolute atomic E-state index is 0.0288. The molecule has 5 heteroatoms. The van der Waals surface area contributed by atoms with E-state index in [0.29, 0.717) is 18.3 Å². The highest BCUT2D eigenvalue weighted by Gasteiger charge is 2.22. The molecule has 1 fully saturated rings. The van der Waals surface area contributed by atoms with Gasteiger partial charge in [0.2, 0.25) is 5.91 Å². The van der Waals surface area contributed by atoms with Gasteiger partial charge in [-0.1, -0.05) is 20.8 Å². The zero-order valence-corrected chi connectivity index (χ0v) is 13.4. The molecule has 2 unspecified atom stereocenters. The number of nitrogens with zero attached hydrogens (tertiary/aromatic N) is 2. The molecule has 0 bridgehead atoms. The molecule has 1 aromatic heterocycles. The summed E-state index contributed by atoms with van der Waals surface area (Å²) >= 11 is 1.57. The molecule has 0 radical (unpaired) electrons. The van der Waals surface area contributed by atoms with Gasteiger partial charge >= 0.3 is 0 Å². The standard InChI is InChI=1S/C15H25N3OS/c1-10(2)14(16)15-17-12(9-20-15)7-13(19)18-6-4-5-11(3)8-18/h9-11,14H,4-8,16H2,1-3H3. The maximum absolute atomic E-state index is 12.3. The van der Waals surface area contributed by atoms with Crippen LogP contribution in [0.25, 0.3) is 0 Å². The molecule has 1 saturated heterocycles. The number of thiazole rings is 1. The number of nitrogens with two attached hydrogens (primary N) is 1. The van der Waals surface area contributed by atoms with Crippen molar-refractivity contribution in [2.75, 3.05) is 13.1 Å². The second kappa shape index (κ2) is 6.68. The fraction of sp³-hybridized carbons (Fsp3) is 0.733. The molecule has 20 heavy (non-hydrogen) atoms. The van der Waals surface area contributed by atoms with Crippen molar-refractivity contribution in [2.24, 2.45) is 17.6 Å². The third-order valence-corrected chi connectivity index (χ3v) is 4.91. The summed E-state index contributed by atoms with van der Waals surface area (Å²) in [6.07, 6.45) is 2.76. The van der Waals surface area contributed by atoms with E-state index in [1.165, 1.54) is 6.42 Å². The summed E-state index contributed by atoms with van der Waals surface area (Å²) < 4.78 is 0. The Labute approximate surface area is 125 Å². The minimum Gasteiger partial charge on any atom is -0.342 e. The summed E-state index contributed by atoms with van der Waals surface area (Å²) in [6, 6.07) is -0.0288. The number of hydrogen-bond donors (Lipinski definition) is 1. The Morgan fingerprint density at radius 3 is 3.00 bits per heavy atom. The monoisotopic (exact) mass is 295 g/mol. The van der Waals surface area contributed by atoms with Crippen LogP contribution in [0.5, 0.6) is 0 Å². The van der Waals surface area contributed by atoms with E-state index in [9.17, 15) is 4.79 Å². The normalized spacial score (nSPS) is 21.2. The second-order valence-electron chi connectivity index (χ2n) is 6.21. The van der Waals surface area contributed by atoms with E-state index in [2.05, 4.69) is 25.8 Å². The van der Waals surface area contributed by atoms with Crippen molar-refractivity contribution in [3.63, 3.8) is 0 Å². The van der Waals surface area contributed by atoms with Gasteiger partial charge in [0.1, 0.15) is 5.01 Å². The molecule has 2 N–H and O–H groups in total. The number of carbonyl (C=O) groups is 1. The summed E-state index contributed by atoms with van der Waals surface area (Å²) in [7, 11) is 0. The van der Waals surface area contributed by atoms with Gasteiger partial charge in [-0.3, -0.25) is 4.79 Å². The van der Waals surface area contributed by atoms with Crippen LogP contribution in [0.2, 0.25) is 0 Å². The average Bonchev–Trinajstić information content (AvgIpc) is 2.86. The van der Waals surface area contributed by atoms with Crippen molar-refractivity contribution < 1.29 is 4.79 Å². The summed E-state index contributed by atoms with van der Waals surface area (Å²) in [4.78, 5) is 18.8. The molecular weight excluding hydrogens is 270 g/mol. The first-order valence-electron chi connectivity index (χ1n) is 7.45. The fourth-order valence-corrected chi connectivity index (χ4v) is 3.52. The van der Waals surface area contributed by atoms with Gasteiger partial charge in [0, 0.05) is 18.5 Å². The van der Waals surface area contributed by atoms with E-state index in [-0.39, 0.29) is 11.9 Å². The quantitative estimate of drug-likeness (QED) is 0.929. The SMILES string of the molecule is CC1CCCN(C(=O)Cc2csc(C(N)C(C)C)n2)C1. The number of likely N-dealkylation sites (tertiary alicyclic amines) is 1. The van der Waals surface area contributed by atoms with Crippen LogP contribution in [0.4, 0.5) is 0 Å². The van der Waals surface area contributed by atoms with Crippen LogP contribution in [-0.2, 0) is 11.2 Å². The molecule has 4 nitrogen and oxygen atoms in total. The topological polar surface area (TPSA) is 59.2 Å². The van der Waals surface area contributed by atoms with E-state index in [4.69, 9.17) is 5.73 Å². The van der Waals surface area contributed by atoms with Gasteiger partial charge in [-0.15, -0.1) is 11.3 Å². The molecule has 2 heterocycles. The molecule has 1 aliphatic heterocycles. The van der Waals surface area contributed by atoms with Crippen molar-refractivity contribution in [1.29, 1.82) is 0 Å². The van der Waals surface area contributed by atoms with E-state index >= 15 is 0 Å². The van der Waals surface area contributed by atoms with Gasteiger partial charge in [-0.25, -0.2) is 4.98 Å². The molecule has 0 aliphatic carbocycles. The van der Waals surface area contributed by atoms with E-state index in [1.807, 2.05) is 10.3 Å². The minimum atomic E-state index is -0.0288. The molecule has 0 aromatic carbocycles. The average molecular weight is 295 g/mol. The lowest BCUT2D eigenvalue weighted by molar-refractivity contribution is -0.132. The van der Waals surface area contributed by atoms with Gasteiger partial charge in [-0.2, -0.15) is 0 Å². The van der Waals surface area contributed by atoms with Crippen molar-refractivity contribution in [3.8, 4) is 0 Å². The highest BCUT2D eigenvalue weighted by atomic mass is 32.1. The molecule has 112 valence electrons. The molecule has 1 aromatic rings. The lowest BCUT2D eigenvalue weighted by Gasteiger charge is -2.30. The van der Waals surface area contributed by atoms with Crippen molar-refractivity contribution in [3.05, 3.63) is 16.1 Å². The predicted octanol–water partition coefficient (Wildman–Crippen LogP) is 2.60. The number of amides is 1. The molecule has 2 rings (SSSR count). The first kappa shape index (κ1) is 15.4. The number of aromatic nitrogens is 1. The summed E-state index contributed by atoms with van der Waals surface area (Å²) in [6.45, 7) is 8.17. The van der Waals surface area contributed by atoms with Crippen molar-refractivity contribution in [2.45, 2.75) is 46.1 Å². The van der Waals surface area contributed by atoms with Gasteiger partial charge in [0.25, 0.3) is 0 Å². The second-order valence-corrected chi connectivity index (χ2v) is 7.10. The highest BCUT2D eigenvalue weighted by Crippen LogP contribution is 2.23. The van der Waals surface area contributed by atoms with Crippen molar-refractivity contribution >= 4 is 17.2 Å². The zero-order chi connectivity index (χ0) is 14.7. The van der Waals surface area contributed by atoms with Gasteiger partial charge in [-0.05, 0) is 24.7 Å². The smallest absolute Gasteiger partial charge is 0.228 e. The van der Waals surface area contributed by atoms with Crippen LogP contribution in [0, 0.1) is 11.8 Å². The molecular formula is C15H25N3OS. The van der Waals surface area contributed by atoms with Gasteiger partial charge in [0.15, 0.2) is 0 Å². The lowest BCUT2D eigenvalue weighted by atomic mass is 10.00. The van der Waals surface area contributed by atoms with Gasteiger partial charge in [0.05, 0.1) is 18.2 Å². The van der Waals surface area contributed by atoms with Crippen LogP contribution in [-0.4, -0.2) is 28.9 Å². The first-order valence-corrected chi connectivity index (χ1v) is 8.33. The third kappa shape index (κ3) is 3.79. The van der Waals surface area contributed by atoms with E-state index in [1.54, 1.807) is 11.3 Å². The Morgan fingerprint density at radius 1 is 1.60 bits per heavy atom. The Morgan fingerprint density at radius 2 is 2.35 bits per heavy atom. The molecule has 0 saturated carbocycles. The molecule has 0 spiro atoms. The zero-order valence-electron chi connectivity index (χ0n) is 12.6. The van der Waals surface area contributed by atoms with E-state index < -0.39 is 0 Å². The summed E-state index contributed by atoms with van der Waals surface area (Å²) in [5, 5.41) is 2.91. The Kier molecular flexibility index (Phi) is 5.16. The summed E-state index contributed by atoms with van der Waals surface area (Å²) in [5.41, 5.74) is 6.96. The summed E-state index contributed by atoms with van der Waals surface area (Å²) in [5.74, 6) is 1.19. The van der Waals surface area contributed by atoms with Crippen LogP contribution in [0.15, 0.2) is 5.38 Å². The maximum atomic E-state index is 12.3. The lowest BCUT2D eigenvalue weighted by Crippen LogP contribution is -2.40. The van der Waals surface area contributed by atoms with Crippen LogP contribution < -0.4 is 5.73 Å². The number of hydrogen-bond acceptors (Lipinski definition) is 4.